The van der Waals surface area contributed by atoms with E-state index in [1.807, 2.05) is 52.1 Å². The van der Waals surface area contributed by atoms with Crippen molar-refractivity contribution in [2.75, 3.05) is 0 Å². The van der Waals surface area contributed by atoms with Crippen molar-refractivity contribution in [3.05, 3.63) is 64.3 Å². The van der Waals surface area contributed by atoms with Crippen LogP contribution in [0.15, 0.2) is 35.0 Å². The summed E-state index contributed by atoms with van der Waals surface area (Å²) in [5.74, 6) is 1.07. The number of carbonyl (C=O) groups excluding carboxylic acids is 1. The van der Waals surface area contributed by atoms with Gasteiger partial charge in [0.05, 0.1) is 17.8 Å². The fourth-order valence-electron chi connectivity index (χ4n) is 3.03. The molecule has 0 saturated heterocycles. The fourth-order valence-corrected chi connectivity index (χ4v) is 3.03. The summed E-state index contributed by atoms with van der Waals surface area (Å²) in [5.41, 5.74) is 4.07. The smallest absolute Gasteiger partial charge is 0.274 e. The Hall–Kier alpha value is -3.09. The molecule has 1 aromatic carbocycles. The van der Waals surface area contributed by atoms with E-state index < -0.39 is 0 Å². The zero-order chi connectivity index (χ0) is 20.3. The molecule has 1 atom stereocenters. The molecule has 0 saturated carbocycles. The molecule has 2 aromatic heterocycles. The number of hydrogen-bond acceptors (Lipinski definition) is 5. The lowest BCUT2D eigenvalue weighted by Crippen LogP contribution is -2.36. The van der Waals surface area contributed by atoms with Gasteiger partial charge in [0.25, 0.3) is 5.91 Å². The van der Waals surface area contributed by atoms with Crippen LogP contribution in [0.25, 0.3) is 0 Å². The summed E-state index contributed by atoms with van der Waals surface area (Å²) in [5, 5.41) is 11.2. The second kappa shape index (κ2) is 8.29. The number of nitrogens with zero attached hydrogens (tertiary/aromatic N) is 3. The van der Waals surface area contributed by atoms with Gasteiger partial charge >= 0.3 is 0 Å². The number of amides is 1. The van der Waals surface area contributed by atoms with Crippen LogP contribution in [0.4, 0.5) is 0 Å². The van der Waals surface area contributed by atoms with Gasteiger partial charge in [0, 0.05) is 12.2 Å². The summed E-state index contributed by atoms with van der Waals surface area (Å²) in [6, 6.07) is 7.80. The maximum atomic E-state index is 12.7. The lowest BCUT2D eigenvalue weighted by atomic mass is 10.1. The van der Waals surface area contributed by atoms with Crippen LogP contribution in [-0.2, 0) is 13.2 Å². The van der Waals surface area contributed by atoms with E-state index in [9.17, 15) is 4.79 Å². The third-order valence-corrected chi connectivity index (χ3v) is 4.51. The Bertz CT molecular complexity index is 974. The summed E-state index contributed by atoms with van der Waals surface area (Å²) < 4.78 is 13.0. The molecule has 7 heteroatoms. The second-order valence-corrected chi connectivity index (χ2v) is 7.18. The summed E-state index contributed by atoms with van der Waals surface area (Å²) in [7, 11) is 0. The first-order valence-corrected chi connectivity index (χ1v) is 9.29. The standard InChI is InChI=1S/C21H26N4O3/c1-13-6-7-19(14(2)10-13)27-12-18-17(5)28-24-20(18)21(26)22-16(4)11-25-9-8-15(3)23-25/h6-10,16H,11-12H2,1-5H3,(H,22,26). The summed E-state index contributed by atoms with van der Waals surface area (Å²) in [4.78, 5) is 12.7. The minimum Gasteiger partial charge on any atom is -0.488 e. The molecule has 2 heterocycles. The van der Waals surface area contributed by atoms with Gasteiger partial charge < -0.3 is 14.6 Å². The van der Waals surface area contributed by atoms with Gasteiger partial charge in [-0.1, -0.05) is 22.9 Å². The van der Waals surface area contributed by atoms with Crippen molar-refractivity contribution in [2.45, 2.75) is 53.8 Å². The molecule has 1 amide bonds. The average Bonchev–Trinajstić information content (AvgIpc) is 3.19. The van der Waals surface area contributed by atoms with Crippen molar-refractivity contribution in [1.29, 1.82) is 0 Å². The Labute approximate surface area is 164 Å². The van der Waals surface area contributed by atoms with Gasteiger partial charge in [-0.05, 0) is 52.3 Å². The molecular formula is C21H26N4O3. The van der Waals surface area contributed by atoms with Crippen LogP contribution in [0, 0.1) is 27.7 Å². The highest BCUT2D eigenvalue weighted by Crippen LogP contribution is 2.22. The molecular weight excluding hydrogens is 356 g/mol. The first kappa shape index (κ1) is 19.7. The third-order valence-electron chi connectivity index (χ3n) is 4.51. The van der Waals surface area contributed by atoms with Gasteiger partial charge in [-0.25, -0.2) is 0 Å². The van der Waals surface area contributed by atoms with E-state index >= 15 is 0 Å². The van der Waals surface area contributed by atoms with Crippen LogP contribution in [0.5, 0.6) is 5.75 Å². The van der Waals surface area contributed by atoms with Gasteiger partial charge in [0.1, 0.15) is 18.1 Å². The van der Waals surface area contributed by atoms with Gasteiger partial charge in [-0.15, -0.1) is 0 Å². The minimum absolute atomic E-state index is 0.114. The van der Waals surface area contributed by atoms with E-state index in [0.717, 1.165) is 17.0 Å². The highest BCUT2D eigenvalue weighted by Gasteiger charge is 2.22. The normalized spacial score (nSPS) is 12.0. The molecule has 1 N–H and O–H groups in total. The van der Waals surface area contributed by atoms with E-state index in [0.29, 0.717) is 17.9 Å². The fraction of sp³-hybridized carbons (Fsp3) is 0.381. The zero-order valence-electron chi connectivity index (χ0n) is 16.9. The van der Waals surface area contributed by atoms with Crippen LogP contribution in [0.1, 0.15) is 45.6 Å². The van der Waals surface area contributed by atoms with Gasteiger partial charge in [-0.3, -0.25) is 9.48 Å². The Balaban J connectivity index is 1.66. The molecule has 0 spiro atoms. The number of benzene rings is 1. The predicted molar refractivity (Wildman–Crippen MR) is 105 cm³/mol. The first-order valence-electron chi connectivity index (χ1n) is 9.29. The van der Waals surface area contributed by atoms with Crippen molar-refractivity contribution in [1.82, 2.24) is 20.3 Å². The molecule has 0 aliphatic heterocycles. The minimum atomic E-state index is -0.285. The SMILES string of the molecule is Cc1ccc(OCc2c(C(=O)NC(C)Cn3ccc(C)n3)noc2C)c(C)c1. The van der Waals surface area contributed by atoms with Crippen molar-refractivity contribution in [3.63, 3.8) is 0 Å². The topological polar surface area (TPSA) is 82.2 Å². The zero-order valence-corrected chi connectivity index (χ0v) is 16.9. The molecule has 0 aliphatic rings. The van der Waals surface area contributed by atoms with Crippen molar-refractivity contribution >= 4 is 5.91 Å². The highest BCUT2D eigenvalue weighted by molar-refractivity contribution is 5.93. The highest BCUT2D eigenvalue weighted by atomic mass is 16.5. The Kier molecular flexibility index (Phi) is 5.82. The summed E-state index contributed by atoms with van der Waals surface area (Å²) in [6.45, 7) is 10.5. The molecule has 0 aliphatic carbocycles. The number of hydrogen-bond donors (Lipinski definition) is 1. The molecule has 0 bridgehead atoms. The van der Waals surface area contributed by atoms with Crippen LogP contribution >= 0.6 is 0 Å². The van der Waals surface area contributed by atoms with E-state index in [2.05, 4.69) is 21.6 Å². The lowest BCUT2D eigenvalue weighted by molar-refractivity contribution is 0.0924. The molecule has 3 rings (SSSR count). The molecule has 0 fully saturated rings. The molecule has 7 nitrogen and oxygen atoms in total. The predicted octanol–water partition coefficient (Wildman–Crippen LogP) is 3.50. The number of aromatic nitrogens is 3. The van der Waals surface area contributed by atoms with E-state index in [-0.39, 0.29) is 24.2 Å². The lowest BCUT2D eigenvalue weighted by Gasteiger charge is -2.14. The second-order valence-electron chi connectivity index (χ2n) is 7.18. The van der Waals surface area contributed by atoms with E-state index in [4.69, 9.17) is 9.26 Å². The molecule has 0 radical (unpaired) electrons. The van der Waals surface area contributed by atoms with E-state index in [1.165, 1.54) is 5.56 Å². The van der Waals surface area contributed by atoms with E-state index in [1.54, 1.807) is 11.6 Å². The van der Waals surface area contributed by atoms with Crippen molar-refractivity contribution in [2.24, 2.45) is 0 Å². The summed E-state index contributed by atoms with van der Waals surface area (Å²) >= 11 is 0. The van der Waals surface area contributed by atoms with Gasteiger partial charge in [0.15, 0.2) is 5.69 Å². The molecule has 28 heavy (non-hydrogen) atoms. The first-order chi connectivity index (χ1) is 13.3. The number of carbonyl (C=O) groups is 1. The Morgan fingerprint density at radius 2 is 2.04 bits per heavy atom. The number of rotatable bonds is 7. The summed E-state index contributed by atoms with van der Waals surface area (Å²) in [6.07, 6.45) is 1.89. The van der Waals surface area contributed by atoms with Crippen LogP contribution in [0.2, 0.25) is 0 Å². The maximum Gasteiger partial charge on any atom is 0.274 e. The number of nitrogens with one attached hydrogen (secondary N) is 1. The number of ether oxygens (including phenoxy) is 1. The largest absolute Gasteiger partial charge is 0.488 e. The van der Waals surface area contributed by atoms with Crippen LogP contribution in [0.3, 0.4) is 0 Å². The monoisotopic (exact) mass is 382 g/mol. The third kappa shape index (κ3) is 4.60. The molecule has 148 valence electrons. The van der Waals surface area contributed by atoms with Crippen LogP contribution < -0.4 is 10.1 Å². The van der Waals surface area contributed by atoms with Crippen molar-refractivity contribution < 1.29 is 14.1 Å². The van der Waals surface area contributed by atoms with Crippen molar-refractivity contribution in [3.8, 4) is 5.75 Å². The van der Waals surface area contributed by atoms with Gasteiger partial charge in [0.2, 0.25) is 0 Å². The Morgan fingerprint density at radius 3 is 2.71 bits per heavy atom. The molecule has 1 unspecified atom stereocenters. The molecule has 3 aromatic rings. The quantitative estimate of drug-likeness (QED) is 0.676. The average molecular weight is 382 g/mol. The van der Waals surface area contributed by atoms with Crippen LogP contribution in [-0.4, -0.2) is 26.9 Å². The van der Waals surface area contributed by atoms with Gasteiger partial charge in [-0.2, -0.15) is 5.10 Å². The Morgan fingerprint density at radius 1 is 1.25 bits per heavy atom. The number of aryl methyl sites for hydroxylation is 4. The maximum absolute atomic E-state index is 12.7.